The summed E-state index contributed by atoms with van der Waals surface area (Å²) < 4.78 is 18.9. The number of rotatable bonds is 8. The van der Waals surface area contributed by atoms with Gasteiger partial charge in [-0.05, 0) is 86.8 Å². The molecule has 1 aromatic carbocycles. The molecule has 0 spiro atoms. The van der Waals surface area contributed by atoms with E-state index in [4.69, 9.17) is 4.74 Å². The zero-order valence-corrected chi connectivity index (χ0v) is 17.2. The predicted octanol–water partition coefficient (Wildman–Crippen LogP) is 2.57. The van der Waals surface area contributed by atoms with Crippen molar-refractivity contribution in [2.45, 2.75) is 52.0 Å². The summed E-state index contributed by atoms with van der Waals surface area (Å²) in [5.74, 6) is 2.76. The number of quaternary nitrogens is 1. The van der Waals surface area contributed by atoms with E-state index in [0.29, 0.717) is 18.5 Å². The number of likely N-dealkylation sites (N-methyl/N-ethyl adjacent to an activating group) is 1. The average molecular weight is 390 g/mol. The Bertz CT molecular complexity index is 685. The van der Waals surface area contributed by atoms with Gasteiger partial charge in [0.25, 0.3) is 5.91 Å². The molecule has 4 nitrogen and oxygen atoms in total. The number of carbonyl (C=O) groups is 1. The van der Waals surface area contributed by atoms with Crippen LogP contribution in [0, 0.1) is 29.0 Å². The quantitative estimate of drug-likeness (QED) is 0.718. The van der Waals surface area contributed by atoms with Crippen LogP contribution in [-0.4, -0.2) is 32.7 Å². The summed E-state index contributed by atoms with van der Waals surface area (Å²) in [5.41, 5.74) is 1.26. The Hall–Kier alpha value is -1.62. The highest BCUT2D eigenvalue weighted by Crippen LogP contribution is 2.59. The topological polar surface area (TPSA) is 42.8 Å². The van der Waals surface area contributed by atoms with Crippen LogP contribution in [0.15, 0.2) is 18.2 Å². The Labute approximate surface area is 167 Å². The Balaban J connectivity index is 1.29. The van der Waals surface area contributed by atoms with E-state index in [0.717, 1.165) is 41.3 Å². The van der Waals surface area contributed by atoms with Gasteiger partial charge >= 0.3 is 0 Å². The van der Waals surface area contributed by atoms with Crippen LogP contribution in [0.1, 0.15) is 51.0 Å². The number of nitrogens with one attached hydrogen (secondary N) is 2. The minimum atomic E-state index is -0.346. The van der Waals surface area contributed by atoms with Gasteiger partial charge in [0.2, 0.25) is 0 Å². The summed E-state index contributed by atoms with van der Waals surface area (Å²) in [6.45, 7) is 4.84. The molecule has 4 saturated carbocycles. The number of methoxy groups -OCH3 is 1. The molecule has 4 fully saturated rings. The smallest absolute Gasteiger partial charge is 0.275 e. The van der Waals surface area contributed by atoms with Crippen LogP contribution >= 0.6 is 0 Å². The molecule has 5 rings (SSSR count). The van der Waals surface area contributed by atoms with Gasteiger partial charge in [-0.2, -0.15) is 0 Å². The van der Waals surface area contributed by atoms with Crippen LogP contribution in [0.4, 0.5) is 4.39 Å². The first kappa shape index (κ1) is 19.7. The third-order valence-corrected chi connectivity index (χ3v) is 7.41. The number of halogens is 1. The second kappa shape index (κ2) is 8.02. The molecule has 2 N–H and O–H groups in total. The lowest BCUT2D eigenvalue weighted by Gasteiger charge is -2.56. The molecule has 5 heteroatoms. The lowest BCUT2D eigenvalue weighted by atomic mass is 9.49. The summed E-state index contributed by atoms with van der Waals surface area (Å²) in [4.78, 5) is 13.8. The number of hydrogen-bond donors (Lipinski definition) is 2. The molecule has 0 heterocycles. The van der Waals surface area contributed by atoms with Crippen LogP contribution in [0.5, 0.6) is 5.75 Å². The van der Waals surface area contributed by atoms with Gasteiger partial charge < -0.3 is 15.0 Å². The first-order chi connectivity index (χ1) is 13.5. The normalized spacial score (nSPS) is 31.6. The van der Waals surface area contributed by atoms with Crippen molar-refractivity contribution >= 4 is 5.91 Å². The van der Waals surface area contributed by atoms with Crippen LogP contribution in [-0.2, 0) is 11.3 Å². The summed E-state index contributed by atoms with van der Waals surface area (Å²) in [5, 5.41) is 3.27. The number of hydrogen-bond acceptors (Lipinski definition) is 2. The Morgan fingerprint density at radius 2 is 1.86 bits per heavy atom. The number of benzene rings is 1. The molecule has 4 bridgehead atoms. The Morgan fingerprint density at radius 1 is 1.21 bits per heavy atom. The zero-order chi connectivity index (χ0) is 19.7. The highest BCUT2D eigenvalue weighted by Gasteiger charge is 2.50. The molecule has 4 aliphatic carbocycles. The van der Waals surface area contributed by atoms with Crippen molar-refractivity contribution in [2.75, 3.05) is 26.7 Å². The van der Waals surface area contributed by atoms with E-state index in [1.807, 2.05) is 6.07 Å². The van der Waals surface area contributed by atoms with Gasteiger partial charge in [-0.25, -0.2) is 4.39 Å². The maximum absolute atomic E-state index is 13.9. The van der Waals surface area contributed by atoms with Gasteiger partial charge in [0.05, 0.1) is 13.7 Å². The van der Waals surface area contributed by atoms with Crippen molar-refractivity contribution in [2.24, 2.45) is 23.2 Å². The van der Waals surface area contributed by atoms with Crippen molar-refractivity contribution < 1.29 is 18.8 Å². The fourth-order valence-corrected chi connectivity index (χ4v) is 6.50. The lowest BCUT2D eigenvalue weighted by Crippen LogP contribution is -3.11. The second-order valence-electron chi connectivity index (χ2n) is 9.62. The van der Waals surface area contributed by atoms with Gasteiger partial charge in [-0.3, -0.25) is 4.79 Å². The molecule has 0 aliphatic heterocycles. The summed E-state index contributed by atoms with van der Waals surface area (Å²) in [6, 6.07) is 5.05. The highest BCUT2D eigenvalue weighted by molar-refractivity contribution is 5.76. The van der Waals surface area contributed by atoms with Crippen molar-refractivity contribution in [3.63, 3.8) is 0 Å². The standard InChI is InChI=1S/C23H33FN2O2/c1-3-26(13-16-4-5-21(28-2)20(24)9-16)14-22(27)25-15-23-10-17-6-18(11-23)8-19(7-17)12-23/h4-5,9,17-19H,3,6-8,10-15H2,1-2H3,(H,25,27)/p+1. The predicted molar refractivity (Wildman–Crippen MR) is 107 cm³/mol. The van der Waals surface area contributed by atoms with Crippen molar-refractivity contribution in [1.82, 2.24) is 5.32 Å². The van der Waals surface area contributed by atoms with E-state index in [9.17, 15) is 9.18 Å². The average Bonchev–Trinajstić information content (AvgIpc) is 2.65. The monoisotopic (exact) mass is 389 g/mol. The fraction of sp³-hybridized carbons (Fsp3) is 0.696. The number of ether oxygens (including phenoxy) is 1. The number of amides is 1. The zero-order valence-electron chi connectivity index (χ0n) is 17.2. The minimum Gasteiger partial charge on any atom is -0.494 e. The Kier molecular flexibility index (Phi) is 5.64. The SMILES string of the molecule is CC[NH+](CC(=O)NCC12CC3CC(CC(C3)C1)C2)Cc1ccc(OC)c(F)c1. The summed E-state index contributed by atoms with van der Waals surface area (Å²) >= 11 is 0. The molecule has 1 amide bonds. The van der Waals surface area contributed by atoms with E-state index in [2.05, 4.69) is 12.2 Å². The van der Waals surface area contributed by atoms with Crippen LogP contribution in [0.2, 0.25) is 0 Å². The van der Waals surface area contributed by atoms with Gasteiger partial charge in [-0.1, -0.05) is 0 Å². The molecule has 1 atom stereocenters. The van der Waals surface area contributed by atoms with Crippen molar-refractivity contribution in [3.8, 4) is 5.75 Å². The van der Waals surface area contributed by atoms with E-state index in [1.54, 1.807) is 6.07 Å². The van der Waals surface area contributed by atoms with E-state index in [1.165, 1.54) is 51.7 Å². The fourth-order valence-electron chi connectivity index (χ4n) is 6.50. The summed E-state index contributed by atoms with van der Waals surface area (Å²) in [7, 11) is 1.47. The van der Waals surface area contributed by atoms with E-state index < -0.39 is 0 Å². The molecule has 0 saturated heterocycles. The molecule has 1 aromatic rings. The van der Waals surface area contributed by atoms with Crippen LogP contribution in [0.3, 0.4) is 0 Å². The van der Waals surface area contributed by atoms with Crippen molar-refractivity contribution in [3.05, 3.63) is 29.6 Å². The maximum atomic E-state index is 13.9. The Morgan fingerprint density at radius 3 is 2.39 bits per heavy atom. The molecule has 1 unspecified atom stereocenters. The second-order valence-corrected chi connectivity index (χ2v) is 9.62. The summed E-state index contributed by atoms with van der Waals surface area (Å²) in [6.07, 6.45) is 8.23. The van der Waals surface area contributed by atoms with Crippen LogP contribution in [0.25, 0.3) is 0 Å². The minimum absolute atomic E-state index is 0.126. The third-order valence-electron chi connectivity index (χ3n) is 7.41. The van der Waals surface area contributed by atoms with Crippen molar-refractivity contribution in [1.29, 1.82) is 0 Å². The van der Waals surface area contributed by atoms with Gasteiger partial charge in [0, 0.05) is 12.1 Å². The lowest BCUT2D eigenvalue weighted by molar-refractivity contribution is -0.904. The molecule has 28 heavy (non-hydrogen) atoms. The molecule has 4 aliphatic rings. The molecule has 0 radical (unpaired) electrons. The van der Waals surface area contributed by atoms with E-state index in [-0.39, 0.29) is 17.5 Å². The maximum Gasteiger partial charge on any atom is 0.275 e. The van der Waals surface area contributed by atoms with E-state index >= 15 is 0 Å². The molecule has 154 valence electrons. The van der Waals surface area contributed by atoms with Gasteiger partial charge in [0.15, 0.2) is 18.1 Å². The molecule has 0 aromatic heterocycles. The van der Waals surface area contributed by atoms with Gasteiger partial charge in [-0.15, -0.1) is 0 Å². The number of carbonyl (C=O) groups excluding carboxylic acids is 1. The van der Waals surface area contributed by atoms with Crippen LogP contribution < -0.4 is 15.0 Å². The third kappa shape index (κ3) is 4.19. The largest absolute Gasteiger partial charge is 0.494 e. The molecular weight excluding hydrogens is 355 g/mol. The van der Waals surface area contributed by atoms with Gasteiger partial charge in [0.1, 0.15) is 6.54 Å². The first-order valence-electron chi connectivity index (χ1n) is 10.9. The highest BCUT2D eigenvalue weighted by atomic mass is 19.1. The molecular formula is C23H34FN2O2+. The first-order valence-corrected chi connectivity index (χ1v) is 10.9.